The summed E-state index contributed by atoms with van der Waals surface area (Å²) in [5, 5.41) is 13.4. The summed E-state index contributed by atoms with van der Waals surface area (Å²) in [6.45, 7) is 2.15. The minimum atomic E-state index is -1.18. The maximum absolute atomic E-state index is 12.2. The second-order valence-electron chi connectivity index (χ2n) is 6.49. The normalized spacial score (nSPS) is 13.6. The van der Waals surface area contributed by atoms with Crippen LogP contribution in [-0.2, 0) is 23.9 Å². The molecule has 25 heavy (non-hydrogen) atoms. The van der Waals surface area contributed by atoms with E-state index < -0.39 is 5.60 Å². The van der Waals surface area contributed by atoms with E-state index in [1.807, 2.05) is 66.2 Å². The third-order valence-corrected chi connectivity index (χ3v) is 4.45. The van der Waals surface area contributed by atoms with Crippen LogP contribution in [0.25, 0.3) is 11.0 Å². The van der Waals surface area contributed by atoms with Gasteiger partial charge in [0.05, 0.1) is 23.1 Å². The molecule has 3 aromatic rings. The molecule has 1 amide bonds. The molecular weight excluding hydrogens is 314 g/mol. The van der Waals surface area contributed by atoms with Crippen molar-refractivity contribution in [2.45, 2.75) is 25.4 Å². The Bertz CT molecular complexity index is 869. The van der Waals surface area contributed by atoms with Gasteiger partial charge in [0.1, 0.15) is 5.82 Å². The van der Waals surface area contributed by atoms with Gasteiger partial charge in [-0.25, -0.2) is 4.98 Å². The number of nitrogens with zero attached hydrogens (tertiary/aromatic N) is 2. The van der Waals surface area contributed by atoms with E-state index in [-0.39, 0.29) is 12.3 Å². The van der Waals surface area contributed by atoms with Gasteiger partial charge < -0.3 is 15.0 Å². The van der Waals surface area contributed by atoms with Crippen molar-refractivity contribution in [2.24, 2.45) is 7.05 Å². The molecule has 0 saturated heterocycles. The SMILES string of the molecule is Cn1c(CCNC(=O)CC(C)(O)c2ccccc2)nc2ccccc21. The number of nitrogens with one attached hydrogen (secondary N) is 1. The lowest BCUT2D eigenvalue weighted by atomic mass is 9.92. The molecule has 0 bridgehead atoms. The van der Waals surface area contributed by atoms with Crippen molar-refractivity contribution in [1.82, 2.24) is 14.9 Å². The van der Waals surface area contributed by atoms with E-state index >= 15 is 0 Å². The number of hydrogen-bond acceptors (Lipinski definition) is 3. The molecule has 3 rings (SSSR count). The van der Waals surface area contributed by atoms with Gasteiger partial charge in [0, 0.05) is 20.0 Å². The zero-order valence-electron chi connectivity index (χ0n) is 14.6. The summed E-state index contributed by atoms with van der Waals surface area (Å²) in [6.07, 6.45) is 0.671. The lowest BCUT2D eigenvalue weighted by Crippen LogP contribution is -2.34. The number of carbonyl (C=O) groups is 1. The van der Waals surface area contributed by atoms with Crippen molar-refractivity contribution in [2.75, 3.05) is 6.54 Å². The second kappa shape index (κ2) is 7.07. The Morgan fingerprint density at radius 2 is 1.84 bits per heavy atom. The van der Waals surface area contributed by atoms with Gasteiger partial charge in [-0.2, -0.15) is 0 Å². The number of aromatic nitrogens is 2. The molecule has 0 fully saturated rings. The van der Waals surface area contributed by atoms with E-state index in [4.69, 9.17) is 0 Å². The number of benzene rings is 2. The summed E-state index contributed by atoms with van der Waals surface area (Å²) in [5.74, 6) is 0.754. The molecule has 0 aliphatic rings. The van der Waals surface area contributed by atoms with Crippen molar-refractivity contribution in [3.63, 3.8) is 0 Å². The standard InChI is InChI=1S/C20H23N3O2/c1-20(25,15-8-4-3-5-9-15)14-19(24)21-13-12-18-22-16-10-6-7-11-17(16)23(18)2/h3-11,25H,12-14H2,1-2H3,(H,21,24). The fraction of sp³-hybridized carbons (Fsp3) is 0.300. The van der Waals surface area contributed by atoms with Crippen LogP contribution in [0, 0.1) is 0 Å². The summed E-state index contributed by atoms with van der Waals surface area (Å²) >= 11 is 0. The number of amides is 1. The Hall–Kier alpha value is -2.66. The van der Waals surface area contributed by atoms with Crippen LogP contribution in [0.2, 0.25) is 0 Å². The number of aliphatic hydroxyl groups is 1. The van der Waals surface area contributed by atoms with Crippen LogP contribution >= 0.6 is 0 Å². The zero-order chi connectivity index (χ0) is 17.9. The maximum atomic E-state index is 12.2. The molecule has 0 aliphatic heterocycles. The fourth-order valence-corrected chi connectivity index (χ4v) is 3.01. The largest absolute Gasteiger partial charge is 0.385 e. The monoisotopic (exact) mass is 337 g/mol. The molecule has 1 atom stereocenters. The Labute approximate surface area is 147 Å². The lowest BCUT2D eigenvalue weighted by Gasteiger charge is -2.23. The molecule has 0 radical (unpaired) electrons. The summed E-state index contributed by atoms with van der Waals surface area (Å²) in [6, 6.07) is 17.2. The number of imidazole rings is 1. The predicted molar refractivity (Wildman–Crippen MR) is 98.1 cm³/mol. The number of aryl methyl sites for hydroxylation is 1. The number of rotatable bonds is 6. The van der Waals surface area contributed by atoms with Crippen molar-refractivity contribution in [3.8, 4) is 0 Å². The molecule has 1 aromatic heterocycles. The molecule has 0 spiro atoms. The van der Waals surface area contributed by atoms with Crippen LogP contribution < -0.4 is 5.32 Å². The predicted octanol–water partition coefficient (Wildman–Crippen LogP) is 2.53. The molecule has 5 nitrogen and oxygen atoms in total. The molecule has 130 valence electrons. The fourth-order valence-electron chi connectivity index (χ4n) is 3.01. The molecule has 1 heterocycles. The van der Waals surface area contributed by atoms with Gasteiger partial charge in [-0.05, 0) is 24.6 Å². The summed E-state index contributed by atoms with van der Waals surface area (Å²) in [7, 11) is 1.98. The quantitative estimate of drug-likeness (QED) is 0.726. The van der Waals surface area contributed by atoms with Crippen molar-refractivity contribution in [3.05, 3.63) is 66.0 Å². The molecule has 0 aliphatic carbocycles. The van der Waals surface area contributed by atoms with E-state index in [1.165, 1.54) is 0 Å². The molecule has 2 aromatic carbocycles. The minimum Gasteiger partial charge on any atom is -0.385 e. The zero-order valence-corrected chi connectivity index (χ0v) is 14.6. The van der Waals surface area contributed by atoms with Gasteiger partial charge >= 0.3 is 0 Å². The smallest absolute Gasteiger partial charge is 0.223 e. The topological polar surface area (TPSA) is 67.2 Å². The van der Waals surface area contributed by atoms with Gasteiger partial charge in [0.15, 0.2) is 0 Å². The number of para-hydroxylation sites is 2. The van der Waals surface area contributed by atoms with E-state index in [0.29, 0.717) is 13.0 Å². The first-order valence-corrected chi connectivity index (χ1v) is 8.42. The van der Waals surface area contributed by atoms with E-state index in [9.17, 15) is 9.90 Å². The summed E-state index contributed by atoms with van der Waals surface area (Å²) in [4.78, 5) is 16.8. The summed E-state index contributed by atoms with van der Waals surface area (Å²) < 4.78 is 2.04. The highest BCUT2D eigenvalue weighted by atomic mass is 16.3. The van der Waals surface area contributed by atoms with Crippen LogP contribution in [0.1, 0.15) is 24.7 Å². The first kappa shape index (κ1) is 17.2. The maximum Gasteiger partial charge on any atom is 0.223 e. The third-order valence-electron chi connectivity index (χ3n) is 4.45. The van der Waals surface area contributed by atoms with Crippen LogP contribution in [-0.4, -0.2) is 27.1 Å². The van der Waals surface area contributed by atoms with E-state index in [2.05, 4.69) is 10.3 Å². The average Bonchev–Trinajstić information content (AvgIpc) is 2.92. The Balaban J connectivity index is 1.56. The Kier molecular flexibility index (Phi) is 4.86. The Morgan fingerprint density at radius 3 is 2.56 bits per heavy atom. The van der Waals surface area contributed by atoms with Gasteiger partial charge in [0.2, 0.25) is 5.91 Å². The van der Waals surface area contributed by atoms with Crippen molar-refractivity contribution in [1.29, 1.82) is 0 Å². The van der Waals surface area contributed by atoms with E-state index in [0.717, 1.165) is 22.4 Å². The van der Waals surface area contributed by atoms with Crippen molar-refractivity contribution < 1.29 is 9.90 Å². The molecule has 1 unspecified atom stereocenters. The van der Waals surface area contributed by atoms with Crippen LogP contribution in [0.15, 0.2) is 54.6 Å². The van der Waals surface area contributed by atoms with Crippen molar-refractivity contribution >= 4 is 16.9 Å². The van der Waals surface area contributed by atoms with Crippen LogP contribution in [0.4, 0.5) is 0 Å². The molecular formula is C20H23N3O2. The molecule has 5 heteroatoms. The number of carbonyl (C=O) groups excluding carboxylic acids is 1. The van der Waals surface area contributed by atoms with Gasteiger partial charge in [0.25, 0.3) is 0 Å². The Morgan fingerprint density at radius 1 is 1.16 bits per heavy atom. The van der Waals surface area contributed by atoms with Gasteiger partial charge in [-0.3, -0.25) is 4.79 Å². The van der Waals surface area contributed by atoms with Gasteiger partial charge in [-0.15, -0.1) is 0 Å². The highest BCUT2D eigenvalue weighted by Crippen LogP contribution is 2.23. The highest BCUT2D eigenvalue weighted by Gasteiger charge is 2.26. The first-order valence-electron chi connectivity index (χ1n) is 8.42. The lowest BCUT2D eigenvalue weighted by molar-refractivity contribution is -0.125. The molecule has 0 saturated carbocycles. The van der Waals surface area contributed by atoms with Crippen LogP contribution in [0.3, 0.4) is 0 Å². The third kappa shape index (κ3) is 3.88. The van der Waals surface area contributed by atoms with Gasteiger partial charge in [-0.1, -0.05) is 42.5 Å². The number of fused-ring (bicyclic) bond motifs is 1. The minimum absolute atomic E-state index is 0.0273. The second-order valence-corrected chi connectivity index (χ2v) is 6.49. The molecule has 2 N–H and O–H groups in total. The average molecular weight is 337 g/mol. The van der Waals surface area contributed by atoms with Crippen LogP contribution in [0.5, 0.6) is 0 Å². The highest BCUT2D eigenvalue weighted by molar-refractivity contribution is 5.77. The first-order chi connectivity index (χ1) is 12.0. The number of hydrogen-bond donors (Lipinski definition) is 2. The summed E-state index contributed by atoms with van der Waals surface area (Å²) in [5.41, 5.74) is 1.60. The van der Waals surface area contributed by atoms with E-state index in [1.54, 1.807) is 6.92 Å².